The zero-order valence-electron chi connectivity index (χ0n) is 11.7. The number of aromatic nitrogens is 2. The monoisotopic (exact) mass is 285 g/mol. The number of nitrogens with zero attached hydrogens (tertiary/aromatic N) is 3. The Labute approximate surface area is 118 Å². The van der Waals surface area contributed by atoms with Crippen LogP contribution in [0.1, 0.15) is 19.5 Å². The molecular weight excluding hydrogens is 266 g/mol. The van der Waals surface area contributed by atoms with Crippen LogP contribution in [0.2, 0.25) is 5.28 Å². The molecule has 0 atom stereocenters. The average Bonchev–Trinajstić information content (AvgIpc) is 2.31. The predicted octanol–water partition coefficient (Wildman–Crippen LogP) is 1.23. The summed E-state index contributed by atoms with van der Waals surface area (Å²) in [5, 5.41) is 2.96. The standard InChI is InChI=1S/C12H20ClN5O/c1-7(2)5-15-9(19)6-18(4)11-10(14)8(3)16-12(13)17-11/h7H,5-6,14H2,1-4H3,(H,15,19). The fraction of sp³-hybridized carbons (Fsp3) is 0.583. The largest absolute Gasteiger partial charge is 0.394 e. The van der Waals surface area contributed by atoms with Crippen LogP contribution in [0.3, 0.4) is 0 Å². The highest BCUT2D eigenvalue weighted by Crippen LogP contribution is 2.23. The van der Waals surface area contributed by atoms with Crippen molar-refractivity contribution in [3.63, 3.8) is 0 Å². The number of hydrogen-bond donors (Lipinski definition) is 2. The number of carbonyl (C=O) groups is 1. The number of nitrogens with two attached hydrogens (primary N) is 1. The molecule has 106 valence electrons. The summed E-state index contributed by atoms with van der Waals surface area (Å²) in [5.41, 5.74) is 6.93. The van der Waals surface area contributed by atoms with Crippen LogP contribution in [0.4, 0.5) is 11.5 Å². The van der Waals surface area contributed by atoms with Crippen molar-refractivity contribution in [2.24, 2.45) is 5.92 Å². The first-order valence-electron chi connectivity index (χ1n) is 6.08. The Bertz CT molecular complexity index is 464. The number of nitrogen functional groups attached to an aromatic ring is 1. The number of anilines is 2. The maximum absolute atomic E-state index is 11.7. The number of hydrogen-bond acceptors (Lipinski definition) is 5. The Morgan fingerprint density at radius 2 is 2.11 bits per heavy atom. The summed E-state index contributed by atoms with van der Waals surface area (Å²) >= 11 is 5.80. The summed E-state index contributed by atoms with van der Waals surface area (Å²) in [7, 11) is 1.74. The van der Waals surface area contributed by atoms with Gasteiger partial charge in [-0.3, -0.25) is 4.79 Å². The number of carbonyl (C=O) groups excluding carboxylic acids is 1. The first kappa shape index (κ1) is 15.5. The molecule has 6 nitrogen and oxygen atoms in total. The summed E-state index contributed by atoms with van der Waals surface area (Å²) in [6.07, 6.45) is 0. The van der Waals surface area contributed by atoms with Crippen molar-refractivity contribution in [3.8, 4) is 0 Å². The van der Waals surface area contributed by atoms with Gasteiger partial charge in [0.15, 0.2) is 5.82 Å². The van der Waals surface area contributed by atoms with Crippen LogP contribution in [-0.2, 0) is 4.79 Å². The lowest BCUT2D eigenvalue weighted by molar-refractivity contribution is -0.119. The summed E-state index contributed by atoms with van der Waals surface area (Å²) < 4.78 is 0. The summed E-state index contributed by atoms with van der Waals surface area (Å²) in [6, 6.07) is 0. The zero-order valence-corrected chi connectivity index (χ0v) is 12.5. The van der Waals surface area contributed by atoms with E-state index < -0.39 is 0 Å². The highest BCUT2D eigenvalue weighted by Gasteiger charge is 2.14. The minimum absolute atomic E-state index is 0.0806. The maximum Gasteiger partial charge on any atom is 0.239 e. The first-order chi connectivity index (χ1) is 8.81. The van der Waals surface area contributed by atoms with E-state index in [1.807, 2.05) is 13.8 Å². The van der Waals surface area contributed by atoms with E-state index in [0.29, 0.717) is 29.7 Å². The molecule has 0 aromatic carbocycles. The van der Waals surface area contributed by atoms with Gasteiger partial charge in [0.1, 0.15) is 0 Å². The molecule has 0 aliphatic carbocycles. The van der Waals surface area contributed by atoms with Crippen LogP contribution in [0, 0.1) is 12.8 Å². The Hall–Kier alpha value is -1.56. The molecule has 0 aliphatic heterocycles. The molecule has 19 heavy (non-hydrogen) atoms. The minimum atomic E-state index is -0.0806. The van der Waals surface area contributed by atoms with Gasteiger partial charge in [0.2, 0.25) is 11.2 Å². The van der Waals surface area contributed by atoms with Crippen molar-refractivity contribution in [2.75, 3.05) is 30.8 Å². The van der Waals surface area contributed by atoms with Crippen molar-refractivity contribution in [3.05, 3.63) is 11.0 Å². The molecule has 1 amide bonds. The fourth-order valence-corrected chi connectivity index (χ4v) is 1.69. The third-order valence-electron chi connectivity index (χ3n) is 2.54. The first-order valence-corrected chi connectivity index (χ1v) is 6.46. The van der Waals surface area contributed by atoms with Crippen LogP contribution >= 0.6 is 11.6 Å². The van der Waals surface area contributed by atoms with Crippen LogP contribution in [-0.4, -0.2) is 36.0 Å². The van der Waals surface area contributed by atoms with E-state index in [4.69, 9.17) is 17.3 Å². The molecule has 3 N–H and O–H groups in total. The van der Waals surface area contributed by atoms with Gasteiger partial charge < -0.3 is 16.0 Å². The van der Waals surface area contributed by atoms with E-state index >= 15 is 0 Å². The van der Waals surface area contributed by atoms with Crippen molar-refractivity contribution in [1.82, 2.24) is 15.3 Å². The Kier molecular flexibility index (Phi) is 5.35. The molecule has 0 spiro atoms. The lowest BCUT2D eigenvalue weighted by Gasteiger charge is -2.20. The van der Waals surface area contributed by atoms with E-state index in [9.17, 15) is 4.79 Å². The number of likely N-dealkylation sites (N-methyl/N-ethyl adjacent to an activating group) is 1. The van der Waals surface area contributed by atoms with Crippen molar-refractivity contribution < 1.29 is 4.79 Å². The van der Waals surface area contributed by atoms with E-state index in [0.717, 1.165) is 0 Å². The highest BCUT2D eigenvalue weighted by molar-refractivity contribution is 6.28. The maximum atomic E-state index is 11.7. The van der Waals surface area contributed by atoms with Gasteiger partial charge in [0, 0.05) is 13.6 Å². The number of amides is 1. The normalized spacial score (nSPS) is 10.6. The van der Waals surface area contributed by atoms with Gasteiger partial charge in [-0.05, 0) is 24.4 Å². The van der Waals surface area contributed by atoms with Gasteiger partial charge >= 0.3 is 0 Å². The van der Waals surface area contributed by atoms with Crippen LogP contribution in [0.5, 0.6) is 0 Å². The molecule has 0 unspecified atom stereocenters. The quantitative estimate of drug-likeness (QED) is 0.795. The fourth-order valence-electron chi connectivity index (χ4n) is 1.49. The molecule has 0 saturated heterocycles. The molecule has 0 saturated carbocycles. The molecule has 7 heteroatoms. The third-order valence-corrected chi connectivity index (χ3v) is 2.71. The lowest BCUT2D eigenvalue weighted by Crippen LogP contribution is -2.37. The minimum Gasteiger partial charge on any atom is -0.394 e. The summed E-state index contributed by atoms with van der Waals surface area (Å²) in [6.45, 7) is 6.64. The van der Waals surface area contributed by atoms with Gasteiger partial charge in [0.25, 0.3) is 0 Å². The smallest absolute Gasteiger partial charge is 0.239 e. The number of rotatable bonds is 5. The zero-order chi connectivity index (χ0) is 14.6. The Morgan fingerprint density at radius 3 is 2.68 bits per heavy atom. The summed E-state index contributed by atoms with van der Waals surface area (Å²) in [5.74, 6) is 0.801. The van der Waals surface area contributed by atoms with Crippen molar-refractivity contribution in [2.45, 2.75) is 20.8 Å². The molecule has 1 aromatic rings. The molecule has 1 heterocycles. The molecule has 0 radical (unpaired) electrons. The molecule has 0 aliphatic rings. The molecular formula is C12H20ClN5O. The second kappa shape index (κ2) is 6.56. The predicted molar refractivity (Wildman–Crippen MR) is 77.3 cm³/mol. The van der Waals surface area contributed by atoms with Gasteiger partial charge in [-0.1, -0.05) is 13.8 Å². The average molecular weight is 286 g/mol. The highest BCUT2D eigenvalue weighted by atomic mass is 35.5. The van der Waals surface area contributed by atoms with E-state index in [1.54, 1.807) is 18.9 Å². The van der Waals surface area contributed by atoms with E-state index in [2.05, 4.69) is 15.3 Å². The molecule has 1 aromatic heterocycles. The number of halogens is 1. The van der Waals surface area contributed by atoms with Crippen LogP contribution < -0.4 is 16.0 Å². The second-order valence-corrected chi connectivity index (χ2v) is 5.21. The van der Waals surface area contributed by atoms with E-state index in [-0.39, 0.29) is 17.7 Å². The van der Waals surface area contributed by atoms with Gasteiger partial charge in [-0.2, -0.15) is 4.98 Å². The van der Waals surface area contributed by atoms with Crippen molar-refractivity contribution in [1.29, 1.82) is 0 Å². The topological polar surface area (TPSA) is 84.1 Å². The van der Waals surface area contributed by atoms with Crippen molar-refractivity contribution >= 4 is 29.0 Å². The Balaban J connectivity index is 2.73. The van der Waals surface area contributed by atoms with E-state index in [1.165, 1.54) is 0 Å². The van der Waals surface area contributed by atoms with Gasteiger partial charge in [0.05, 0.1) is 17.9 Å². The molecule has 0 bridgehead atoms. The molecule has 1 rings (SSSR count). The number of aryl methyl sites for hydroxylation is 1. The summed E-state index contributed by atoms with van der Waals surface area (Å²) in [4.78, 5) is 21.4. The van der Waals surface area contributed by atoms with Gasteiger partial charge in [-0.15, -0.1) is 0 Å². The second-order valence-electron chi connectivity index (χ2n) is 4.87. The third kappa shape index (κ3) is 4.55. The van der Waals surface area contributed by atoms with Gasteiger partial charge in [-0.25, -0.2) is 4.98 Å². The van der Waals surface area contributed by atoms with Crippen LogP contribution in [0.25, 0.3) is 0 Å². The SMILES string of the molecule is Cc1nc(Cl)nc(N(C)CC(=O)NCC(C)C)c1N. The van der Waals surface area contributed by atoms with Crippen LogP contribution in [0.15, 0.2) is 0 Å². The lowest BCUT2D eigenvalue weighted by atomic mass is 10.2. The number of nitrogens with one attached hydrogen (secondary N) is 1. The Morgan fingerprint density at radius 1 is 1.47 bits per heavy atom. The molecule has 0 fully saturated rings.